The highest BCUT2D eigenvalue weighted by molar-refractivity contribution is 5.71. The summed E-state index contributed by atoms with van der Waals surface area (Å²) in [5.41, 5.74) is 0.914. The lowest BCUT2D eigenvalue weighted by Gasteiger charge is -2.24. The van der Waals surface area contributed by atoms with E-state index >= 15 is 0 Å². The quantitative estimate of drug-likeness (QED) is 0.832. The van der Waals surface area contributed by atoms with Gasteiger partial charge in [0.25, 0.3) is 0 Å². The molecule has 0 radical (unpaired) electrons. The van der Waals surface area contributed by atoms with Gasteiger partial charge in [0.15, 0.2) is 0 Å². The second-order valence-corrected chi connectivity index (χ2v) is 6.24. The van der Waals surface area contributed by atoms with E-state index in [-0.39, 0.29) is 17.9 Å². The van der Waals surface area contributed by atoms with Crippen LogP contribution in [0.1, 0.15) is 63.4 Å². The molecular formula is C16H25N3O2. The summed E-state index contributed by atoms with van der Waals surface area (Å²) in [4.78, 5) is 20.4. The second-order valence-electron chi connectivity index (χ2n) is 6.24. The fraction of sp³-hybridized carbons (Fsp3) is 0.688. The number of carboxylic acid groups (broad SMARTS) is 1. The van der Waals surface area contributed by atoms with E-state index in [2.05, 4.69) is 29.1 Å². The maximum absolute atomic E-state index is 11.5. The third kappa shape index (κ3) is 4.16. The molecule has 0 bridgehead atoms. The Morgan fingerprint density at radius 1 is 1.29 bits per heavy atom. The number of aryl methyl sites for hydroxylation is 1. The number of hydrogen-bond donors (Lipinski definition) is 2. The van der Waals surface area contributed by atoms with Gasteiger partial charge in [0.05, 0.1) is 5.92 Å². The van der Waals surface area contributed by atoms with E-state index in [1.165, 1.54) is 0 Å². The average Bonchev–Trinajstić information content (AvgIpc) is 2.63. The number of nitrogens with one attached hydrogen (secondary N) is 1. The molecule has 1 fully saturated rings. The molecule has 1 saturated carbocycles. The van der Waals surface area contributed by atoms with Gasteiger partial charge in [0, 0.05) is 23.7 Å². The van der Waals surface area contributed by atoms with Crippen LogP contribution in [-0.4, -0.2) is 27.1 Å². The van der Waals surface area contributed by atoms with Gasteiger partial charge in [0.1, 0.15) is 11.6 Å². The van der Waals surface area contributed by atoms with Gasteiger partial charge < -0.3 is 10.4 Å². The summed E-state index contributed by atoms with van der Waals surface area (Å²) in [6.07, 6.45) is 4.81. The highest BCUT2D eigenvalue weighted by atomic mass is 16.4. The molecule has 1 aromatic heterocycles. The molecule has 2 N–H and O–H groups in total. The summed E-state index contributed by atoms with van der Waals surface area (Å²) < 4.78 is 0. The Kier molecular flexibility index (Phi) is 5.15. The summed E-state index contributed by atoms with van der Waals surface area (Å²) in [6.45, 7) is 6.06. The van der Waals surface area contributed by atoms with Crippen molar-refractivity contribution in [1.82, 2.24) is 9.97 Å². The van der Waals surface area contributed by atoms with Crippen LogP contribution in [0, 0.1) is 12.8 Å². The van der Waals surface area contributed by atoms with Gasteiger partial charge in [-0.05, 0) is 19.8 Å². The predicted octanol–water partition coefficient (Wildman–Crippen LogP) is 3.35. The molecule has 5 nitrogen and oxygen atoms in total. The molecule has 0 spiro atoms. The lowest BCUT2D eigenvalue weighted by molar-refractivity contribution is -0.142. The molecule has 1 heterocycles. The monoisotopic (exact) mass is 291 g/mol. The van der Waals surface area contributed by atoms with Crippen molar-refractivity contribution >= 4 is 11.8 Å². The van der Waals surface area contributed by atoms with E-state index in [4.69, 9.17) is 0 Å². The Hall–Kier alpha value is -1.65. The first-order valence-electron chi connectivity index (χ1n) is 7.82. The number of aromatic nitrogens is 2. The van der Waals surface area contributed by atoms with Crippen molar-refractivity contribution in [1.29, 1.82) is 0 Å². The van der Waals surface area contributed by atoms with Crippen LogP contribution in [0.2, 0.25) is 0 Å². The van der Waals surface area contributed by atoms with Gasteiger partial charge in [-0.2, -0.15) is 0 Å². The molecule has 2 rings (SSSR count). The Labute approximate surface area is 126 Å². The molecular weight excluding hydrogens is 266 g/mol. The summed E-state index contributed by atoms with van der Waals surface area (Å²) >= 11 is 0. The zero-order valence-electron chi connectivity index (χ0n) is 13.1. The molecule has 21 heavy (non-hydrogen) atoms. The number of carbonyl (C=O) groups is 1. The first kappa shape index (κ1) is 15.7. The van der Waals surface area contributed by atoms with Crippen molar-refractivity contribution < 1.29 is 9.90 Å². The third-order valence-corrected chi connectivity index (χ3v) is 4.05. The zero-order chi connectivity index (χ0) is 15.4. The molecule has 5 heteroatoms. The van der Waals surface area contributed by atoms with E-state index < -0.39 is 5.97 Å². The molecule has 0 amide bonds. The van der Waals surface area contributed by atoms with Gasteiger partial charge in [0.2, 0.25) is 0 Å². The fourth-order valence-electron chi connectivity index (χ4n) is 2.89. The van der Waals surface area contributed by atoms with E-state index in [0.717, 1.165) is 49.4 Å². The minimum absolute atomic E-state index is 0.0423. The highest BCUT2D eigenvalue weighted by Crippen LogP contribution is 2.26. The number of hydrogen-bond acceptors (Lipinski definition) is 4. The largest absolute Gasteiger partial charge is 0.481 e. The van der Waals surface area contributed by atoms with Crippen LogP contribution in [-0.2, 0) is 4.79 Å². The lowest BCUT2D eigenvalue weighted by atomic mass is 9.95. The highest BCUT2D eigenvalue weighted by Gasteiger charge is 2.29. The molecule has 1 aliphatic carbocycles. The van der Waals surface area contributed by atoms with Crippen LogP contribution in [0.3, 0.4) is 0 Å². The van der Waals surface area contributed by atoms with Crippen LogP contribution in [0.15, 0.2) is 6.07 Å². The minimum atomic E-state index is -0.704. The topological polar surface area (TPSA) is 75.1 Å². The van der Waals surface area contributed by atoms with Gasteiger partial charge in [-0.1, -0.05) is 33.1 Å². The van der Waals surface area contributed by atoms with Gasteiger partial charge in [-0.15, -0.1) is 0 Å². The minimum Gasteiger partial charge on any atom is -0.481 e. The van der Waals surface area contributed by atoms with Crippen LogP contribution < -0.4 is 5.32 Å². The van der Waals surface area contributed by atoms with E-state index in [0.29, 0.717) is 0 Å². The maximum Gasteiger partial charge on any atom is 0.308 e. The van der Waals surface area contributed by atoms with Crippen LogP contribution in [0.4, 0.5) is 5.82 Å². The van der Waals surface area contributed by atoms with Crippen molar-refractivity contribution in [2.75, 3.05) is 5.32 Å². The van der Waals surface area contributed by atoms with Crippen molar-refractivity contribution in [3.8, 4) is 0 Å². The van der Waals surface area contributed by atoms with Crippen molar-refractivity contribution in [3.63, 3.8) is 0 Å². The van der Waals surface area contributed by atoms with Gasteiger partial charge >= 0.3 is 5.97 Å². The Morgan fingerprint density at radius 3 is 2.67 bits per heavy atom. The number of rotatable bonds is 4. The molecule has 2 unspecified atom stereocenters. The maximum atomic E-state index is 11.5. The predicted molar refractivity (Wildman–Crippen MR) is 82.5 cm³/mol. The normalized spacial score (nSPS) is 22.9. The number of aliphatic carboxylic acids is 1. The van der Waals surface area contributed by atoms with Crippen molar-refractivity contribution in [2.24, 2.45) is 5.92 Å². The first-order valence-corrected chi connectivity index (χ1v) is 7.82. The smallest absolute Gasteiger partial charge is 0.308 e. The van der Waals surface area contributed by atoms with Crippen LogP contribution in [0.25, 0.3) is 0 Å². The van der Waals surface area contributed by atoms with Crippen molar-refractivity contribution in [2.45, 2.75) is 64.8 Å². The van der Waals surface area contributed by atoms with E-state index in [1.807, 2.05) is 13.0 Å². The van der Waals surface area contributed by atoms with Crippen LogP contribution in [0.5, 0.6) is 0 Å². The van der Waals surface area contributed by atoms with Gasteiger partial charge in [-0.25, -0.2) is 9.97 Å². The number of anilines is 1. The molecule has 0 aromatic carbocycles. The first-order chi connectivity index (χ1) is 9.97. The Bertz CT molecular complexity index is 502. The molecule has 0 aliphatic heterocycles. The second kappa shape index (κ2) is 6.87. The van der Waals surface area contributed by atoms with Crippen LogP contribution >= 0.6 is 0 Å². The number of nitrogens with zero attached hydrogens (tertiary/aromatic N) is 2. The molecule has 1 aromatic rings. The standard InChI is InChI=1S/C16H25N3O2/c1-10(2)15-17-11(3)9-14(19-15)18-13-8-6-4-5-7-12(13)16(20)21/h9-10,12-13H,4-8H2,1-3H3,(H,20,21)(H,17,18,19). The fourth-order valence-corrected chi connectivity index (χ4v) is 2.89. The van der Waals surface area contributed by atoms with Crippen molar-refractivity contribution in [3.05, 3.63) is 17.6 Å². The van der Waals surface area contributed by atoms with Gasteiger partial charge in [-0.3, -0.25) is 4.79 Å². The van der Waals surface area contributed by atoms with E-state index in [9.17, 15) is 9.90 Å². The van der Waals surface area contributed by atoms with E-state index in [1.54, 1.807) is 0 Å². The molecule has 1 aliphatic rings. The number of carboxylic acids is 1. The summed E-state index contributed by atoms with van der Waals surface area (Å²) in [7, 11) is 0. The zero-order valence-corrected chi connectivity index (χ0v) is 13.1. The molecule has 0 saturated heterocycles. The summed E-state index contributed by atoms with van der Waals surface area (Å²) in [6, 6.07) is 1.86. The Balaban J connectivity index is 2.20. The molecule has 2 atom stereocenters. The molecule has 116 valence electrons. The SMILES string of the molecule is Cc1cc(NC2CCCCCC2C(=O)O)nc(C(C)C)n1. The third-order valence-electron chi connectivity index (χ3n) is 4.05. The average molecular weight is 291 g/mol. The Morgan fingerprint density at radius 2 is 2.00 bits per heavy atom. The summed E-state index contributed by atoms with van der Waals surface area (Å²) in [5.74, 6) is 0.784. The summed E-state index contributed by atoms with van der Waals surface area (Å²) in [5, 5.41) is 12.8. The lowest BCUT2D eigenvalue weighted by Crippen LogP contribution is -2.34.